The molecule has 0 saturated heterocycles. The number of carbonyl (C=O) groups excluding carboxylic acids is 4. The fraction of sp³-hybridized carbons (Fsp3) is 0.875. The number of hydrogen-bond donors (Lipinski definition) is 0. The Morgan fingerprint density at radius 2 is 0.780 bits per heavy atom. The Morgan fingerprint density at radius 1 is 0.512 bits per heavy atom. The van der Waals surface area contributed by atoms with Crippen molar-refractivity contribution in [3.05, 3.63) is 0 Å². The normalized spacial score (nSPS) is 14.3. The molecule has 41 heavy (non-hydrogen) atoms. The zero-order chi connectivity index (χ0) is 31.6. The van der Waals surface area contributed by atoms with Crippen molar-refractivity contribution in [1.82, 2.24) is 0 Å². The Bertz CT molecular complexity index is 705. The van der Waals surface area contributed by atoms with Crippen molar-refractivity contribution in [3.8, 4) is 0 Å². The molecule has 0 rings (SSSR count). The second-order valence-electron chi connectivity index (χ2n) is 13.3. The van der Waals surface area contributed by atoms with Crippen LogP contribution in [0.3, 0.4) is 0 Å². The van der Waals surface area contributed by atoms with Crippen LogP contribution < -0.4 is 10.2 Å². The van der Waals surface area contributed by atoms with Gasteiger partial charge in [0.2, 0.25) is 0 Å². The van der Waals surface area contributed by atoms with E-state index in [4.69, 9.17) is 9.47 Å². The summed E-state index contributed by atoms with van der Waals surface area (Å²) in [5, 5.41) is 20.9. The first kappa shape index (κ1) is 44.9. The molecule has 8 nitrogen and oxygen atoms in total. The second-order valence-corrected chi connectivity index (χ2v) is 13.3. The van der Waals surface area contributed by atoms with E-state index in [9.17, 15) is 29.4 Å². The molecule has 0 fully saturated rings. The zero-order valence-electron chi connectivity index (χ0n) is 27.9. The van der Waals surface area contributed by atoms with Crippen LogP contribution in [0.25, 0.3) is 0 Å². The maximum Gasteiger partial charge on any atom is 2.00 e. The van der Waals surface area contributed by atoms with E-state index >= 15 is 0 Å². The minimum absolute atomic E-state index is 0. The predicted molar refractivity (Wildman–Crippen MR) is 160 cm³/mol. The number of esters is 2. The van der Waals surface area contributed by atoms with Gasteiger partial charge in [-0.25, -0.2) is 0 Å². The van der Waals surface area contributed by atoms with Gasteiger partial charge in [0.25, 0.3) is 0 Å². The number of carbonyl (C=O) groups is 4. The topological polar surface area (TPSA) is 133 Å². The Kier molecular flexibility index (Phi) is 24.1. The van der Waals surface area contributed by atoms with Crippen molar-refractivity contribution in [1.29, 1.82) is 0 Å². The first-order valence-electron chi connectivity index (χ1n) is 15.1. The molecule has 0 N–H and O–H groups in total. The quantitative estimate of drug-likeness (QED) is 0.0813. The van der Waals surface area contributed by atoms with Crippen LogP contribution in [0, 0.1) is 10.8 Å². The van der Waals surface area contributed by atoms with Crippen LogP contribution in [-0.4, -0.2) is 84.0 Å². The van der Waals surface area contributed by atoms with E-state index in [0.717, 1.165) is 38.5 Å². The summed E-state index contributed by atoms with van der Waals surface area (Å²) in [7, 11) is 0. The molecule has 2 atom stereocenters. The molecular weight excluding hydrogens is 650 g/mol. The Hall–Kier alpha value is -0.549. The summed E-state index contributed by atoms with van der Waals surface area (Å²) in [6.45, 7) is 20.1. The van der Waals surface area contributed by atoms with Gasteiger partial charge < -0.3 is 29.3 Å². The number of carboxylic acid groups (broad SMARTS) is 2. The van der Waals surface area contributed by atoms with E-state index in [1.165, 1.54) is 38.5 Å². The van der Waals surface area contributed by atoms with Gasteiger partial charge >= 0.3 is 60.8 Å². The third kappa shape index (κ3) is 20.9. The number of carboxylic acids is 2. The van der Waals surface area contributed by atoms with Gasteiger partial charge in [-0.2, -0.15) is 0 Å². The monoisotopic (exact) mass is 708 g/mol. The zero-order valence-corrected chi connectivity index (χ0v) is 32.3. The number of rotatable bonds is 18. The van der Waals surface area contributed by atoms with Gasteiger partial charge in [-0.05, 0) is 39.5 Å². The molecule has 0 aliphatic rings. The third-order valence-corrected chi connectivity index (χ3v) is 7.94. The second kappa shape index (κ2) is 22.0. The van der Waals surface area contributed by atoms with Crippen molar-refractivity contribution in [2.45, 2.75) is 170 Å². The summed E-state index contributed by atoms with van der Waals surface area (Å²) in [6.07, 6.45) is 11.5. The van der Waals surface area contributed by atoms with Crippen LogP contribution in [0.4, 0.5) is 0 Å². The summed E-state index contributed by atoms with van der Waals surface area (Å²) in [6, 6.07) is 0. The molecule has 2 unspecified atom stereocenters. The Labute approximate surface area is 290 Å². The standard InChI is InChI=1S/2C16H30O4.Ba/c2*1-6-7-8-9-10-11-16(5,15(2,3)4)20-14(19)12-13(17)18;/h2*6-12H2,1-5H3,(H,17,18);/q;;+2/p-2. The van der Waals surface area contributed by atoms with Gasteiger partial charge in [-0.3, -0.25) is 9.59 Å². The molecule has 0 aromatic heterocycles. The van der Waals surface area contributed by atoms with E-state index in [1.807, 2.05) is 55.4 Å². The number of ether oxygens (including phenoxy) is 2. The molecule has 0 heterocycles. The largest absolute Gasteiger partial charge is 2.00 e. The molecule has 236 valence electrons. The maximum absolute atomic E-state index is 11.6. The molecule has 0 aliphatic heterocycles. The van der Waals surface area contributed by atoms with Crippen molar-refractivity contribution < 1.29 is 38.9 Å². The molecular formula is C32H58BaO8. The Morgan fingerprint density at radius 3 is 1.00 bits per heavy atom. The third-order valence-electron chi connectivity index (χ3n) is 7.94. The van der Waals surface area contributed by atoms with E-state index in [1.54, 1.807) is 0 Å². The van der Waals surface area contributed by atoms with Crippen LogP contribution in [-0.2, 0) is 28.7 Å². The van der Waals surface area contributed by atoms with Gasteiger partial charge in [-0.1, -0.05) is 107 Å². The van der Waals surface area contributed by atoms with Gasteiger partial charge in [0.1, 0.15) is 11.2 Å². The van der Waals surface area contributed by atoms with Crippen LogP contribution in [0.2, 0.25) is 0 Å². The molecule has 0 radical (unpaired) electrons. The molecule has 0 aromatic carbocycles. The predicted octanol–water partition coefficient (Wildman–Crippen LogP) is 5.29. The van der Waals surface area contributed by atoms with Crippen LogP contribution in [0.1, 0.15) is 159 Å². The maximum atomic E-state index is 11.6. The summed E-state index contributed by atoms with van der Waals surface area (Å²) in [4.78, 5) is 44.1. The minimum Gasteiger partial charge on any atom is -0.550 e. The molecule has 0 aliphatic carbocycles. The van der Waals surface area contributed by atoms with E-state index < -0.39 is 47.9 Å². The van der Waals surface area contributed by atoms with Gasteiger partial charge in [0, 0.05) is 10.8 Å². The van der Waals surface area contributed by atoms with E-state index in [0.29, 0.717) is 0 Å². The SMILES string of the molecule is CCCCCCCC(C)(OC(=O)CC(=O)[O-])C(C)(C)C.CCCCCCCC(C)(OC(=O)CC(=O)[O-])C(C)(C)C.[Ba+2]. The molecule has 0 saturated carbocycles. The molecule has 0 bridgehead atoms. The fourth-order valence-corrected chi connectivity index (χ4v) is 4.10. The first-order chi connectivity index (χ1) is 18.2. The average molecular weight is 708 g/mol. The van der Waals surface area contributed by atoms with Crippen molar-refractivity contribution in [2.24, 2.45) is 10.8 Å². The Balaban J connectivity index is -0.000000688. The summed E-state index contributed by atoms with van der Waals surface area (Å²) in [5.74, 6) is -4.21. The first-order valence-corrected chi connectivity index (χ1v) is 15.1. The van der Waals surface area contributed by atoms with Crippen LogP contribution >= 0.6 is 0 Å². The summed E-state index contributed by atoms with van der Waals surface area (Å²) >= 11 is 0. The number of unbranched alkanes of at least 4 members (excludes halogenated alkanes) is 8. The van der Waals surface area contributed by atoms with Gasteiger partial charge in [0.15, 0.2) is 0 Å². The molecule has 9 heteroatoms. The number of aliphatic carboxylic acids is 2. The van der Waals surface area contributed by atoms with Crippen LogP contribution in [0.15, 0.2) is 0 Å². The minimum atomic E-state index is -1.39. The smallest absolute Gasteiger partial charge is 0.550 e. The van der Waals surface area contributed by atoms with E-state index in [-0.39, 0.29) is 59.7 Å². The summed E-state index contributed by atoms with van der Waals surface area (Å²) < 4.78 is 10.9. The van der Waals surface area contributed by atoms with Crippen LogP contribution in [0.5, 0.6) is 0 Å². The fourth-order valence-electron chi connectivity index (χ4n) is 4.10. The average Bonchev–Trinajstić information content (AvgIpc) is 2.76. The summed E-state index contributed by atoms with van der Waals surface area (Å²) in [5.41, 5.74) is -1.77. The number of hydrogen-bond acceptors (Lipinski definition) is 8. The molecule has 0 spiro atoms. The molecule has 0 aromatic rings. The van der Waals surface area contributed by atoms with E-state index in [2.05, 4.69) is 13.8 Å². The van der Waals surface area contributed by atoms with Gasteiger partial charge in [0.05, 0.1) is 24.8 Å². The molecule has 0 amide bonds. The van der Waals surface area contributed by atoms with Crippen molar-refractivity contribution >= 4 is 72.8 Å². The van der Waals surface area contributed by atoms with Gasteiger partial charge in [-0.15, -0.1) is 0 Å². The van der Waals surface area contributed by atoms with Crippen molar-refractivity contribution in [3.63, 3.8) is 0 Å². The van der Waals surface area contributed by atoms with Crippen molar-refractivity contribution in [2.75, 3.05) is 0 Å².